The second kappa shape index (κ2) is 7.94. The maximum Gasteiger partial charge on any atom is 0.311 e. The van der Waals surface area contributed by atoms with E-state index in [0.29, 0.717) is 25.4 Å². The van der Waals surface area contributed by atoms with Crippen molar-refractivity contribution in [3.8, 4) is 0 Å². The lowest BCUT2D eigenvalue weighted by Crippen LogP contribution is -2.26. The lowest BCUT2D eigenvalue weighted by Gasteiger charge is -2.23. The SMILES string of the molecule is CCCOC1CCCN(c2cccc(S(C)(=O)=O)c2[N+](=O)[O-])CC1. The van der Waals surface area contributed by atoms with Crippen LogP contribution in [0.15, 0.2) is 23.1 Å². The molecule has 0 spiro atoms. The number of para-hydroxylation sites is 1. The number of anilines is 1. The number of nitro groups is 1. The van der Waals surface area contributed by atoms with Gasteiger partial charge in [0.1, 0.15) is 10.6 Å². The Morgan fingerprint density at radius 3 is 2.71 bits per heavy atom. The van der Waals surface area contributed by atoms with Gasteiger partial charge >= 0.3 is 5.69 Å². The van der Waals surface area contributed by atoms with Crippen LogP contribution in [0.1, 0.15) is 32.6 Å². The van der Waals surface area contributed by atoms with Crippen LogP contribution in [-0.2, 0) is 14.6 Å². The van der Waals surface area contributed by atoms with Gasteiger partial charge in [-0.15, -0.1) is 0 Å². The summed E-state index contributed by atoms with van der Waals surface area (Å²) in [5.74, 6) is 0. The average molecular weight is 356 g/mol. The Balaban J connectivity index is 2.30. The number of hydrogen-bond donors (Lipinski definition) is 0. The topological polar surface area (TPSA) is 89.8 Å². The molecule has 0 bridgehead atoms. The van der Waals surface area contributed by atoms with E-state index in [4.69, 9.17) is 4.74 Å². The van der Waals surface area contributed by atoms with Gasteiger partial charge in [0.15, 0.2) is 9.84 Å². The molecule has 7 nitrogen and oxygen atoms in total. The summed E-state index contributed by atoms with van der Waals surface area (Å²) in [5, 5.41) is 11.5. The van der Waals surface area contributed by atoms with Crippen LogP contribution in [0.3, 0.4) is 0 Å². The van der Waals surface area contributed by atoms with Gasteiger partial charge in [-0.2, -0.15) is 0 Å². The number of ether oxygens (including phenoxy) is 1. The molecule has 1 aliphatic heterocycles. The molecular formula is C16H24N2O5S. The van der Waals surface area contributed by atoms with Crippen LogP contribution in [0.2, 0.25) is 0 Å². The Kier molecular flexibility index (Phi) is 6.17. The maximum absolute atomic E-state index is 11.9. The summed E-state index contributed by atoms with van der Waals surface area (Å²) in [7, 11) is -3.66. The van der Waals surface area contributed by atoms with Gasteiger partial charge in [0, 0.05) is 26.0 Å². The number of nitrogens with zero attached hydrogens (tertiary/aromatic N) is 2. The zero-order valence-corrected chi connectivity index (χ0v) is 14.9. The van der Waals surface area contributed by atoms with Crippen LogP contribution in [-0.4, -0.2) is 45.4 Å². The predicted octanol–water partition coefficient (Wildman–Crippen LogP) is 2.78. The fraction of sp³-hybridized carbons (Fsp3) is 0.625. The first-order chi connectivity index (χ1) is 11.3. The summed E-state index contributed by atoms with van der Waals surface area (Å²) < 4.78 is 29.6. The smallest absolute Gasteiger partial charge is 0.311 e. The fourth-order valence-electron chi connectivity index (χ4n) is 3.01. The minimum atomic E-state index is -3.66. The van der Waals surface area contributed by atoms with Gasteiger partial charge in [-0.3, -0.25) is 10.1 Å². The number of hydrogen-bond acceptors (Lipinski definition) is 6. The van der Waals surface area contributed by atoms with Crippen molar-refractivity contribution < 1.29 is 18.1 Å². The molecule has 1 aliphatic rings. The zero-order valence-electron chi connectivity index (χ0n) is 14.1. The Morgan fingerprint density at radius 2 is 2.08 bits per heavy atom. The van der Waals surface area contributed by atoms with Crippen LogP contribution < -0.4 is 4.90 Å². The molecule has 134 valence electrons. The van der Waals surface area contributed by atoms with Crippen LogP contribution in [0.25, 0.3) is 0 Å². The maximum atomic E-state index is 11.9. The lowest BCUT2D eigenvalue weighted by atomic mass is 10.1. The minimum absolute atomic E-state index is 0.159. The summed E-state index contributed by atoms with van der Waals surface area (Å²) in [4.78, 5) is 12.6. The lowest BCUT2D eigenvalue weighted by molar-refractivity contribution is -0.387. The van der Waals surface area contributed by atoms with Crippen LogP contribution in [0.4, 0.5) is 11.4 Å². The third-order valence-electron chi connectivity index (χ3n) is 4.13. The summed E-state index contributed by atoms with van der Waals surface area (Å²) in [6.07, 6.45) is 4.66. The first kappa shape index (κ1) is 18.7. The third-order valence-corrected chi connectivity index (χ3v) is 5.26. The van der Waals surface area contributed by atoms with Crippen molar-refractivity contribution in [2.24, 2.45) is 0 Å². The van der Waals surface area contributed by atoms with Gasteiger partial charge in [-0.1, -0.05) is 13.0 Å². The van der Waals surface area contributed by atoms with Gasteiger partial charge in [0.05, 0.1) is 11.0 Å². The Labute approximate surface area is 142 Å². The molecule has 0 saturated carbocycles. The highest BCUT2D eigenvalue weighted by atomic mass is 32.2. The van der Waals surface area contributed by atoms with Crippen molar-refractivity contribution in [1.82, 2.24) is 0 Å². The quantitative estimate of drug-likeness (QED) is 0.575. The molecule has 0 amide bonds. The number of sulfone groups is 1. The molecule has 1 aromatic carbocycles. The number of rotatable bonds is 6. The van der Waals surface area contributed by atoms with Gasteiger partial charge < -0.3 is 9.64 Å². The van der Waals surface area contributed by atoms with Crippen molar-refractivity contribution in [3.63, 3.8) is 0 Å². The zero-order chi connectivity index (χ0) is 17.7. The molecule has 24 heavy (non-hydrogen) atoms. The summed E-state index contributed by atoms with van der Waals surface area (Å²) >= 11 is 0. The highest BCUT2D eigenvalue weighted by Crippen LogP contribution is 2.35. The van der Waals surface area contributed by atoms with E-state index >= 15 is 0 Å². The highest BCUT2D eigenvalue weighted by molar-refractivity contribution is 7.90. The molecule has 1 fully saturated rings. The normalized spacial score (nSPS) is 19.1. The van der Waals surface area contributed by atoms with E-state index in [9.17, 15) is 18.5 Å². The third kappa shape index (κ3) is 4.45. The van der Waals surface area contributed by atoms with Crippen molar-refractivity contribution in [2.75, 3.05) is 30.9 Å². The molecule has 0 aromatic heterocycles. The highest BCUT2D eigenvalue weighted by Gasteiger charge is 2.29. The number of nitro benzene ring substituents is 1. The molecule has 1 saturated heterocycles. The Morgan fingerprint density at radius 1 is 1.33 bits per heavy atom. The minimum Gasteiger partial charge on any atom is -0.378 e. The van der Waals surface area contributed by atoms with Gasteiger partial charge in [0.2, 0.25) is 0 Å². The summed E-state index contributed by atoms with van der Waals surface area (Å²) in [6.45, 7) is 4.04. The van der Waals surface area contributed by atoms with Crippen LogP contribution in [0, 0.1) is 10.1 Å². The monoisotopic (exact) mass is 356 g/mol. The average Bonchev–Trinajstić information content (AvgIpc) is 2.76. The van der Waals surface area contributed by atoms with E-state index in [1.54, 1.807) is 12.1 Å². The first-order valence-electron chi connectivity index (χ1n) is 8.18. The standard InChI is InChI=1S/C16H24N2O5S/c1-3-12-23-13-6-5-10-17(11-9-13)14-7-4-8-15(24(2,21)22)16(14)18(19)20/h4,7-8,13H,3,5-6,9-12H2,1-2H3. The van der Waals surface area contributed by atoms with Crippen molar-refractivity contribution in [3.05, 3.63) is 28.3 Å². The van der Waals surface area contributed by atoms with Crippen LogP contribution >= 0.6 is 0 Å². The molecule has 1 unspecified atom stereocenters. The van der Waals surface area contributed by atoms with E-state index in [-0.39, 0.29) is 16.7 Å². The Hall–Kier alpha value is -1.67. The van der Waals surface area contributed by atoms with Crippen molar-refractivity contribution in [1.29, 1.82) is 0 Å². The van der Waals surface area contributed by atoms with Gasteiger partial charge in [0.25, 0.3) is 0 Å². The summed E-state index contributed by atoms with van der Waals surface area (Å²) in [6, 6.07) is 4.48. The fourth-order valence-corrected chi connectivity index (χ4v) is 3.86. The van der Waals surface area contributed by atoms with E-state index < -0.39 is 14.8 Å². The predicted molar refractivity (Wildman–Crippen MR) is 92.3 cm³/mol. The largest absolute Gasteiger partial charge is 0.378 e. The van der Waals surface area contributed by atoms with E-state index in [0.717, 1.165) is 31.9 Å². The molecule has 0 aliphatic carbocycles. The van der Waals surface area contributed by atoms with Gasteiger partial charge in [-0.05, 0) is 37.8 Å². The molecule has 1 atom stereocenters. The van der Waals surface area contributed by atoms with E-state index in [2.05, 4.69) is 6.92 Å². The molecule has 1 aromatic rings. The first-order valence-corrected chi connectivity index (χ1v) is 10.1. The van der Waals surface area contributed by atoms with Crippen LogP contribution in [0.5, 0.6) is 0 Å². The second-order valence-corrected chi connectivity index (χ2v) is 8.05. The van der Waals surface area contributed by atoms with Crippen molar-refractivity contribution in [2.45, 2.75) is 43.6 Å². The molecule has 1 heterocycles. The molecule has 2 rings (SSSR count). The number of benzene rings is 1. The molecule has 0 radical (unpaired) electrons. The molecule has 0 N–H and O–H groups in total. The molecular weight excluding hydrogens is 332 g/mol. The van der Waals surface area contributed by atoms with Crippen molar-refractivity contribution >= 4 is 21.2 Å². The Bertz CT molecular complexity index is 690. The van der Waals surface area contributed by atoms with E-state index in [1.165, 1.54) is 6.07 Å². The second-order valence-electron chi connectivity index (χ2n) is 6.06. The summed E-state index contributed by atoms with van der Waals surface area (Å²) in [5.41, 5.74) is 0.0481. The van der Waals surface area contributed by atoms with E-state index in [1.807, 2.05) is 4.90 Å². The molecule has 8 heteroatoms. The van der Waals surface area contributed by atoms with Gasteiger partial charge in [-0.25, -0.2) is 8.42 Å².